The number of benzene rings is 1. The predicted molar refractivity (Wildman–Crippen MR) is 83.7 cm³/mol. The normalized spacial score (nSPS) is 20.1. The van der Waals surface area contributed by atoms with Crippen molar-refractivity contribution in [2.45, 2.75) is 17.9 Å². The Morgan fingerprint density at radius 3 is 2.48 bits per heavy atom. The van der Waals surface area contributed by atoms with Crippen molar-refractivity contribution in [2.24, 2.45) is 0 Å². The second kappa shape index (κ2) is 6.77. The van der Waals surface area contributed by atoms with Gasteiger partial charge in [-0.05, 0) is 18.7 Å². The molecular formula is C15H17F3N4O2S. The van der Waals surface area contributed by atoms with Crippen LogP contribution >= 0.6 is 0 Å². The van der Waals surface area contributed by atoms with E-state index in [0.29, 0.717) is 31.0 Å². The quantitative estimate of drug-likeness (QED) is 0.830. The number of hydrogen-bond donors (Lipinski definition) is 1. The van der Waals surface area contributed by atoms with Crippen molar-refractivity contribution < 1.29 is 21.6 Å². The lowest BCUT2D eigenvalue weighted by molar-refractivity contribution is 0.119. The van der Waals surface area contributed by atoms with Crippen molar-refractivity contribution >= 4 is 10.0 Å². The smallest absolute Gasteiger partial charge is 0.243 e. The fourth-order valence-corrected chi connectivity index (χ4v) is 4.40. The molecule has 136 valence electrons. The van der Waals surface area contributed by atoms with Gasteiger partial charge < -0.3 is 4.98 Å². The zero-order valence-electron chi connectivity index (χ0n) is 13.4. The van der Waals surface area contributed by atoms with Crippen molar-refractivity contribution in [3.63, 3.8) is 0 Å². The van der Waals surface area contributed by atoms with Crippen LogP contribution in [0.15, 0.2) is 29.4 Å². The second-order valence-electron chi connectivity index (χ2n) is 5.68. The largest absolute Gasteiger partial charge is 0.347 e. The van der Waals surface area contributed by atoms with Crippen LogP contribution in [0.1, 0.15) is 18.8 Å². The van der Waals surface area contributed by atoms with Gasteiger partial charge in [-0.15, -0.1) is 0 Å². The molecule has 0 spiro atoms. The first-order chi connectivity index (χ1) is 11.8. The first-order valence-corrected chi connectivity index (χ1v) is 9.16. The molecule has 10 heteroatoms. The van der Waals surface area contributed by atoms with Crippen molar-refractivity contribution in [1.82, 2.24) is 19.2 Å². The fourth-order valence-electron chi connectivity index (χ4n) is 2.94. The van der Waals surface area contributed by atoms with E-state index in [9.17, 15) is 21.6 Å². The molecule has 1 aromatic carbocycles. The van der Waals surface area contributed by atoms with Gasteiger partial charge in [0.15, 0.2) is 17.5 Å². The summed E-state index contributed by atoms with van der Waals surface area (Å²) < 4.78 is 66.6. The average Bonchev–Trinajstić information content (AvgIpc) is 3.13. The summed E-state index contributed by atoms with van der Waals surface area (Å²) in [6.07, 6.45) is 3.21. The van der Waals surface area contributed by atoms with Gasteiger partial charge in [0.25, 0.3) is 0 Å². The maximum Gasteiger partial charge on any atom is 0.243 e. The number of hydrogen-bond acceptors (Lipinski definition) is 4. The summed E-state index contributed by atoms with van der Waals surface area (Å²) in [7, 11) is -4.16. The maximum absolute atomic E-state index is 13.4. The molecule has 6 nitrogen and oxygen atoms in total. The van der Waals surface area contributed by atoms with Gasteiger partial charge in [-0.1, -0.05) is 6.92 Å². The Kier molecular flexibility index (Phi) is 4.85. The number of aromatic nitrogens is 2. The van der Waals surface area contributed by atoms with E-state index in [2.05, 4.69) is 14.9 Å². The number of rotatable bonds is 4. The van der Waals surface area contributed by atoms with E-state index in [-0.39, 0.29) is 19.1 Å². The number of imidazole rings is 1. The summed E-state index contributed by atoms with van der Waals surface area (Å²) in [5.41, 5.74) is 0. The number of nitrogens with one attached hydrogen (secondary N) is 1. The van der Waals surface area contributed by atoms with E-state index in [1.165, 1.54) is 0 Å². The summed E-state index contributed by atoms with van der Waals surface area (Å²) in [4.78, 5) is 8.59. The van der Waals surface area contributed by atoms with Crippen molar-refractivity contribution in [3.8, 4) is 0 Å². The monoisotopic (exact) mass is 374 g/mol. The summed E-state index contributed by atoms with van der Waals surface area (Å²) in [5, 5.41) is 0. The molecule has 1 atom stereocenters. The molecule has 1 fully saturated rings. The van der Waals surface area contributed by atoms with Gasteiger partial charge in [0.2, 0.25) is 10.0 Å². The highest BCUT2D eigenvalue weighted by atomic mass is 32.2. The average molecular weight is 374 g/mol. The van der Waals surface area contributed by atoms with Crippen LogP contribution in [0.2, 0.25) is 0 Å². The molecule has 3 rings (SSSR count). The number of aromatic amines is 1. The van der Waals surface area contributed by atoms with Crippen LogP contribution in [0.4, 0.5) is 13.2 Å². The summed E-state index contributed by atoms with van der Waals surface area (Å²) in [5.74, 6) is -4.15. The Labute approximate surface area is 143 Å². The number of sulfonamides is 1. The van der Waals surface area contributed by atoms with Gasteiger partial charge in [-0.3, -0.25) is 4.90 Å². The topological polar surface area (TPSA) is 69.3 Å². The highest BCUT2D eigenvalue weighted by Gasteiger charge is 2.36. The highest BCUT2D eigenvalue weighted by molar-refractivity contribution is 7.89. The van der Waals surface area contributed by atoms with Crippen LogP contribution in [0.5, 0.6) is 0 Å². The molecule has 25 heavy (non-hydrogen) atoms. The summed E-state index contributed by atoms with van der Waals surface area (Å²) >= 11 is 0. The summed E-state index contributed by atoms with van der Waals surface area (Å²) in [6.45, 7) is 3.31. The van der Waals surface area contributed by atoms with E-state index >= 15 is 0 Å². The molecule has 0 saturated carbocycles. The van der Waals surface area contributed by atoms with Crippen LogP contribution in [0.3, 0.4) is 0 Å². The van der Waals surface area contributed by atoms with Crippen LogP contribution < -0.4 is 0 Å². The van der Waals surface area contributed by atoms with Gasteiger partial charge >= 0.3 is 0 Å². The number of nitrogens with zero attached hydrogens (tertiary/aromatic N) is 3. The molecular weight excluding hydrogens is 357 g/mol. The molecule has 0 bridgehead atoms. The molecule has 1 N–H and O–H groups in total. The van der Waals surface area contributed by atoms with Crippen LogP contribution in [-0.2, 0) is 10.0 Å². The van der Waals surface area contributed by atoms with E-state index in [4.69, 9.17) is 0 Å². The van der Waals surface area contributed by atoms with Gasteiger partial charge in [-0.25, -0.2) is 26.6 Å². The minimum Gasteiger partial charge on any atom is -0.347 e. The van der Waals surface area contributed by atoms with E-state index < -0.39 is 32.4 Å². The Hall–Kier alpha value is -1.91. The van der Waals surface area contributed by atoms with Crippen molar-refractivity contribution in [3.05, 3.63) is 47.8 Å². The molecule has 0 aliphatic carbocycles. The lowest BCUT2D eigenvalue weighted by atomic mass is 10.2. The van der Waals surface area contributed by atoms with Gasteiger partial charge in [0, 0.05) is 32.0 Å². The molecule has 2 heterocycles. The molecule has 1 aromatic heterocycles. The van der Waals surface area contributed by atoms with Crippen LogP contribution in [0, 0.1) is 17.5 Å². The van der Waals surface area contributed by atoms with E-state index in [1.54, 1.807) is 12.4 Å². The van der Waals surface area contributed by atoms with Crippen molar-refractivity contribution in [1.29, 1.82) is 0 Å². The highest BCUT2D eigenvalue weighted by Crippen LogP contribution is 2.28. The van der Waals surface area contributed by atoms with Gasteiger partial charge in [-0.2, -0.15) is 4.31 Å². The minimum atomic E-state index is -4.16. The van der Waals surface area contributed by atoms with Gasteiger partial charge in [0.1, 0.15) is 5.82 Å². The Morgan fingerprint density at radius 2 is 1.92 bits per heavy atom. The number of halogens is 3. The lowest BCUT2D eigenvalue weighted by Crippen LogP contribution is -2.50. The molecule has 2 aromatic rings. The minimum absolute atomic E-state index is 0.0737. The van der Waals surface area contributed by atoms with Crippen molar-refractivity contribution in [2.75, 3.05) is 26.2 Å². The number of H-pyrrole nitrogens is 1. The second-order valence-corrected chi connectivity index (χ2v) is 7.62. The zero-order valence-corrected chi connectivity index (χ0v) is 14.2. The number of piperazine rings is 1. The summed E-state index contributed by atoms with van der Waals surface area (Å²) in [6, 6.07) is 0.697. The Bertz CT molecular complexity index is 835. The van der Waals surface area contributed by atoms with Crippen LogP contribution in [0.25, 0.3) is 0 Å². The third-order valence-electron chi connectivity index (χ3n) is 4.29. The van der Waals surface area contributed by atoms with E-state index in [1.807, 2.05) is 6.92 Å². The molecule has 1 aliphatic rings. The van der Waals surface area contributed by atoms with E-state index in [0.717, 1.165) is 4.31 Å². The molecule has 0 radical (unpaired) electrons. The van der Waals surface area contributed by atoms with Gasteiger partial charge in [0.05, 0.1) is 10.9 Å². The van der Waals surface area contributed by atoms with Crippen LogP contribution in [-0.4, -0.2) is 53.8 Å². The number of likely N-dealkylation sites (N-methyl/N-ethyl adjacent to an activating group) is 1. The molecule has 0 amide bonds. The zero-order chi connectivity index (χ0) is 18.2. The predicted octanol–water partition coefficient (Wildman–Crippen LogP) is 1.89. The first-order valence-electron chi connectivity index (χ1n) is 7.72. The SMILES string of the molecule is CCN1CCN(S(=O)(=O)c2cc(F)c(F)c(F)c2)CC1c1ncc[nH]1. The maximum atomic E-state index is 13.4. The molecule has 1 unspecified atom stereocenters. The fraction of sp³-hybridized carbons (Fsp3) is 0.400. The Morgan fingerprint density at radius 1 is 1.24 bits per heavy atom. The molecule has 1 saturated heterocycles. The third kappa shape index (κ3) is 3.29. The standard InChI is InChI=1S/C15H17F3N4O2S/c1-2-21-5-6-22(9-13(21)15-19-3-4-20-15)25(23,24)10-7-11(16)14(18)12(17)8-10/h3-4,7-8,13H,2,5-6,9H2,1H3,(H,19,20). The Balaban J connectivity index is 1.93. The lowest BCUT2D eigenvalue weighted by Gasteiger charge is -2.39. The molecule has 1 aliphatic heterocycles. The third-order valence-corrected chi connectivity index (χ3v) is 6.13. The first kappa shape index (κ1) is 17.9.